The summed E-state index contributed by atoms with van der Waals surface area (Å²) >= 11 is 0. The average molecular weight is 416 g/mol. The van der Waals surface area contributed by atoms with Crippen LogP contribution in [-0.4, -0.2) is 56.7 Å². The normalized spacial score (nSPS) is 15.6. The summed E-state index contributed by atoms with van der Waals surface area (Å²) in [7, 11) is 1.58. The van der Waals surface area contributed by atoms with Gasteiger partial charge in [-0.2, -0.15) is 0 Å². The van der Waals surface area contributed by atoms with Crippen LogP contribution in [0.25, 0.3) is 0 Å². The molecule has 0 spiro atoms. The van der Waals surface area contributed by atoms with Crippen LogP contribution >= 0.6 is 0 Å². The fraction of sp³-hybridized carbons (Fsp3) is 0.364. The highest BCUT2D eigenvalue weighted by atomic mass is 19.1. The Hall–Kier alpha value is -3.00. The number of amides is 1. The third kappa shape index (κ3) is 5.76. The molecule has 1 amide bonds. The van der Waals surface area contributed by atoms with Crippen molar-refractivity contribution >= 4 is 11.9 Å². The van der Waals surface area contributed by atoms with Crippen LogP contribution in [-0.2, 0) is 16.1 Å². The number of rotatable bonds is 6. The Morgan fingerprint density at radius 2 is 1.87 bits per heavy atom. The maximum Gasteiger partial charge on any atom is 0.232 e. The van der Waals surface area contributed by atoms with E-state index in [-0.39, 0.29) is 18.0 Å². The summed E-state index contributed by atoms with van der Waals surface area (Å²) in [4.78, 5) is 19.1. The summed E-state index contributed by atoms with van der Waals surface area (Å²) < 4.78 is 32.6. The van der Waals surface area contributed by atoms with Crippen molar-refractivity contribution in [2.45, 2.75) is 12.5 Å². The van der Waals surface area contributed by atoms with E-state index < -0.39 is 17.6 Å². The molecule has 3 rings (SSSR count). The summed E-state index contributed by atoms with van der Waals surface area (Å²) in [5.41, 5.74) is 1.09. The number of ether oxygens (including phenoxy) is 1. The molecule has 160 valence electrons. The lowest BCUT2D eigenvalue weighted by atomic mass is 9.97. The Morgan fingerprint density at radius 1 is 1.13 bits per heavy atom. The van der Waals surface area contributed by atoms with Crippen LogP contribution in [0.3, 0.4) is 0 Å². The number of carbonyl (C=O) groups excluding carboxylic acids is 1. The van der Waals surface area contributed by atoms with Crippen LogP contribution in [0.15, 0.2) is 53.5 Å². The standard InChI is InChI=1S/C22H26F2N4O2/c1-25-22(26-14-17-13-18(23)7-8-20(17)24)27-15-19(16-5-3-2-4-6-16)21(29)28-9-11-30-12-10-28/h2-8,13,19H,9-12,14-15H2,1H3,(H2,25,26,27). The number of benzene rings is 2. The van der Waals surface area contributed by atoms with Gasteiger partial charge in [0.25, 0.3) is 0 Å². The van der Waals surface area contributed by atoms with Gasteiger partial charge in [-0.25, -0.2) is 8.78 Å². The van der Waals surface area contributed by atoms with Gasteiger partial charge in [0.2, 0.25) is 5.91 Å². The molecule has 0 radical (unpaired) electrons. The Bertz CT molecular complexity index is 871. The number of morpholine rings is 1. The van der Waals surface area contributed by atoms with Crippen molar-refractivity contribution in [1.29, 1.82) is 0 Å². The maximum absolute atomic E-state index is 13.8. The molecular formula is C22H26F2N4O2. The van der Waals surface area contributed by atoms with Crippen LogP contribution in [0.2, 0.25) is 0 Å². The fourth-order valence-electron chi connectivity index (χ4n) is 3.31. The van der Waals surface area contributed by atoms with E-state index in [2.05, 4.69) is 15.6 Å². The Morgan fingerprint density at radius 3 is 2.57 bits per heavy atom. The van der Waals surface area contributed by atoms with Crippen molar-refractivity contribution in [3.05, 3.63) is 71.3 Å². The lowest BCUT2D eigenvalue weighted by Gasteiger charge is -2.31. The van der Waals surface area contributed by atoms with Gasteiger partial charge in [0.1, 0.15) is 11.6 Å². The summed E-state index contributed by atoms with van der Waals surface area (Å²) in [6.45, 7) is 2.57. The molecule has 0 aliphatic carbocycles. The van der Waals surface area contributed by atoms with Gasteiger partial charge in [-0.1, -0.05) is 30.3 Å². The van der Waals surface area contributed by atoms with Crippen LogP contribution in [0, 0.1) is 11.6 Å². The molecule has 1 aliphatic heterocycles. The molecule has 2 aromatic carbocycles. The van der Waals surface area contributed by atoms with Gasteiger partial charge in [0, 0.05) is 38.8 Å². The molecular weight excluding hydrogens is 390 g/mol. The van der Waals surface area contributed by atoms with Crippen LogP contribution < -0.4 is 10.6 Å². The first-order valence-corrected chi connectivity index (χ1v) is 9.88. The Balaban J connectivity index is 1.66. The van der Waals surface area contributed by atoms with E-state index in [1.54, 1.807) is 11.9 Å². The first-order valence-electron chi connectivity index (χ1n) is 9.88. The number of nitrogens with one attached hydrogen (secondary N) is 2. The van der Waals surface area contributed by atoms with E-state index in [0.717, 1.165) is 23.8 Å². The number of carbonyl (C=O) groups is 1. The lowest BCUT2D eigenvalue weighted by molar-refractivity contribution is -0.136. The molecule has 1 unspecified atom stereocenters. The third-order valence-corrected chi connectivity index (χ3v) is 4.97. The fourth-order valence-corrected chi connectivity index (χ4v) is 3.31. The van der Waals surface area contributed by atoms with Gasteiger partial charge < -0.3 is 20.3 Å². The zero-order valence-electron chi connectivity index (χ0n) is 16.9. The minimum Gasteiger partial charge on any atom is -0.378 e. The van der Waals surface area contributed by atoms with E-state index in [4.69, 9.17) is 4.74 Å². The van der Waals surface area contributed by atoms with Crippen LogP contribution in [0.1, 0.15) is 17.0 Å². The summed E-state index contributed by atoms with van der Waals surface area (Å²) in [5, 5.41) is 6.10. The van der Waals surface area contributed by atoms with E-state index in [9.17, 15) is 13.6 Å². The number of hydrogen-bond donors (Lipinski definition) is 2. The van der Waals surface area contributed by atoms with E-state index in [0.29, 0.717) is 38.8 Å². The molecule has 1 heterocycles. The first kappa shape index (κ1) is 21.7. The average Bonchev–Trinajstić information content (AvgIpc) is 2.79. The molecule has 1 aliphatic rings. The summed E-state index contributed by atoms with van der Waals surface area (Å²) in [6.07, 6.45) is 0. The van der Waals surface area contributed by atoms with E-state index in [1.165, 1.54) is 0 Å². The molecule has 2 aromatic rings. The molecule has 0 aromatic heterocycles. The SMILES string of the molecule is CN=C(NCc1cc(F)ccc1F)NCC(C(=O)N1CCOCC1)c1ccccc1. The Kier molecular flexibility index (Phi) is 7.73. The highest BCUT2D eigenvalue weighted by Crippen LogP contribution is 2.19. The zero-order valence-corrected chi connectivity index (χ0v) is 16.9. The van der Waals surface area contributed by atoms with Crippen LogP contribution in [0.4, 0.5) is 8.78 Å². The van der Waals surface area contributed by atoms with Crippen molar-refractivity contribution < 1.29 is 18.3 Å². The largest absolute Gasteiger partial charge is 0.378 e. The molecule has 8 heteroatoms. The van der Waals surface area contributed by atoms with Gasteiger partial charge in [-0.3, -0.25) is 9.79 Å². The molecule has 30 heavy (non-hydrogen) atoms. The number of guanidine groups is 1. The van der Waals surface area contributed by atoms with Gasteiger partial charge in [0.15, 0.2) is 5.96 Å². The molecule has 1 fully saturated rings. The van der Waals surface area contributed by atoms with Crippen molar-refractivity contribution in [2.75, 3.05) is 39.9 Å². The minimum atomic E-state index is -0.503. The van der Waals surface area contributed by atoms with Crippen molar-refractivity contribution in [3.63, 3.8) is 0 Å². The van der Waals surface area contributed by atoms with Crippen LogP contribution in [0.5, 0.6) is 0 Å². The van der Waals surface area contributed by atoms with E-state index in [1.807, 2.05) is 30.3 Å². The molecule has 1 atom stereocenters. The van der Waals surface area contributed by atoms with Gasteiger partial charge >= 0.3 is 0 Å². The molecule has 2 N–H and O–H groups in total. The van der Waals surface area contributed by atoms with Crippen molar-refractivity contribution in [3.8, 4) is 0 Å². The number of halogens is 2. The predicted octanol–water partition coefficient (Wildman–Crippen LogP) is 2.27. The maximum atomic E-state index is 13.8. The predicted molar refractivity (Wildman–Crippen MR) is 111 cm³/mol. The second kappa shape index (κ2) is 10.7. The van der Waals surface area contributed by atoms with Gasteiger partial charge in [-0.05, 0) is 23.8 Å². The number of aliphatic imine (C=N–C) groups is 1. The smallest absolute Gasteiger partial charge is 0.232 e. The quantitative estimate of drug-likeness (QED) is 0.560. The van der Waals surface area contributed by atoms with Crippen molar-refractivity contribution in [1.82, 2.24) is 15.5 Å². The summed E-state index contributed by atoms with van der Waals surface area (Å²) in [5.74, 6) is -0.993. The third-order valence-electron chi connectivity index (χ3n) is 4.97. The first-order chi connectivity index (χ1) is 14.6. The molecule has 1 saturated heterocycles. The van der Waals surface area contributed by atoms with Crippen molar-refractivity contribution in [2.24, 2.45) is 4.99 Å². The van der Waals surface area contributed by atoms with Gasteiger partial charge in [0.05, 0.1) is 19.1 Å². The zero-order chi connectivity index (χ0) is 21.3. The highest BCUT2D eigenvalue weighted by molar-refractivity contribution is 5.86. The second-order valence-electron chi connectivity index (χ2n) is 6.94. The highest BCUT2D eigenvalue weighted by Gasteiger charge is 2.27. The molecule has 0 bridgehead atoms. The number of nitrogens with zero attached hydrogens (tertiary/aromatic N) is 2. The monoisotopic (exact) mass is 416 g/mol. The topological polar surface area (TPSA) is 66.0 Å². The minimum absolute atomic E-state index is 0.0172. The summed E-state index contributed by atoms with van der Waals surface area (Å²) in [6, 6.07) is 12.9. The Labute approximate surface area is 174 Å². The van der Waals surface area contributed by atoms with E-state index >= 15 is 0 Å². The van der Waals surface area contributed by atoms with Gasteiger partial charge in [-0.15, -0.1) is 0 Å². The molecule has 0 saturated carbocycles. The molecule has 6 nitrogen and oxygen atoms in total. The number of hydrogen-bond acceptors (Lipinski definition) is 3. The second-order valence-corrected chi connectivity index (χ2v) is 6.94. The lowest BCUT2D eigenvalue weighted by Crippen LogP contribution is -2.47.